The quantitative estimate of drug-likeness (QED) is 0.0960. The lowest BCUT2D eigenvalue weighted by Gasteiger charge is -2.09. The van der Waals surface area contributed by atoms with Crippen LogP contribution < -0.4 is 20.9 Å². The molecule has 0 bridgehead atoms. The molecule has 12 heteroatoms. The second-order valence-electron chi connectivity index (χ2n) is 9.55. The van der Waals surface area contributed by atoms with Gasteiger partial charge in [-0.1, -0.05) is 12.1 Å². The fourth-order valence-corrected chi connectivity index (χ4v) is 4.09. The van der Waals surface area contributed by atoms with Crippen LogP contribution in [-0.4, -0.2) is 44.3 Å². The Bertz CT molecular complexity index is 1760. The maximum absolute atomic E-state index is 11.2. The highest BCUT2D eigenvalue weighted by Crippen LogP contribution is 2.28. The molecule has 0 aliphatic carbocycles. The predicted octanol–water partition coefficient (Wildman–Crippen LogP) is 6.58. The van der Waals surface area contributed by atoms with Crippen molar-refractivity contribution in [3.05, 3.63) is 131 Å². The Morgan fingerprint density at radius 3 is 0.913 bits per heavy atom. The Hall–Kier alpha value is -6.82. The first-order valence-corrected chi connectivity index (χ1v) is 13.3. The van der Waals surface area contributed by atoms with E-state index in [-0.39, 0.29) is 11.1 Å². The lowest BCUT2D eigenvalue weighted by molar-refractivity contribution is 0.0651. The zero-order valence-electron chi connectivity index (χ0n) is 23.8. The van der Waals surface area contributed by atoms with Crippen molar-refractivity contribution in [3.8, 4) is 34.1 Å². The van der Waals surface area contributed by atoms with Gasteiger partial charge in [0.15, 0.2) is 0 Å². The Morgan fingerprint density at radius 2 is 0.652 bits per heavy atom. The number of hydrogen-bond donors (Lipinski definition) is 6. The van der Waals surface area contributed by atoms with E-state index in [0.717, 1.165) is 47.3 Å². The Labute approximate surface area is 261 Å². The molecule has 0 aliphatic rings. The number of anilines is 2. The molecule has 46 heavy (non-hydrogen) atoms. The molecule has 5 rings (SSSR count). The lowest BCUT2D eigenvalue weighted by Crippen LogP contribution is -2.09. The van der Waals surface area contributed by atoms with Crippen LogP contribution >= 0.6 is 0 Å². The minimum Gasteiger partial charge on any atom is -0.478 e. The van der Waals surface area contributed by atoms with Crippen LogP contribution in [0.3, 0.4) is 0 Å². The highest BCUT2D eigenvalue weighted by molar-refractivity contribution is 6.04. The number of carboxylic acids is 4. The topological polar surface area (TPSA) is 220 Å². The smallest absolute Gasteiger partial charge is 0.336 e. The highest BCUT2D eigenvalue weighted by atomic mass is 16.5. The highest BCUT2D eigenvalue weighted by Gasteiger charge is 2.20. The molecule has 5 aromatic carbocycles. The second-order valence-corrected chi connectivity index (χ2v) is 9.55. The van der Waals surface area contributed by atoms with E-state index < -0.39 is 46.1 Å². The summed E-state index contributed by atoms with van der Waals surface area (Å²) >= 11 is 0. The normalized spacial score (nSPS) is 10.2. The molecule has 5 aromatic rings. The summed E-state index contributed by atoms with van der Waals surface area (Å²) in [7, 11) is 0. The zero-order chi connectivity index (χ0) is 33.4. The lowest BCUT2D eigenvalue weighted by atomic mass is 9.96. The van der Waals surface area contributed by atoms with Gasteiger partial charge >= 0.3 is 23.9 Å². The van der Waals surface area contributed by atoms with Gasteiger partial charge in [-0.05, 0) is 108 Å². The molecule has 0 spiro atoms. The SMILES string of the molecule is Nc1ccc(Oc2ccc(Oc3ccc(N)cc3)cc2)cc1.O=C(O)c1ccc(-c2ccc(C(=O)O)c(C(=O)O)c2)cc1C(=O)O. The van der Waals surface area contributed by atoms with Crippen molar-refractivity contribution < 1.29 is 49.1 Å². The van der Waals surface area contributed by atoms with E-state index in [1.807, 2.05) is 48.5 Å². The van der Waals surface area contributed by atoms with Gasteiger partial charge in [-0.2, -0.15) is 0 Å². The van der Waals surface area contributed by atoms with Gasteiger partial charge < -0.3 is 41.4 Å². The van der Waals surface area contributed by atoms with E-state index in [1.165, 1.54) is 12.1 Å². The summed E-state index contributed by atoms with van der Waals surface area (Å²) < 4.78 is 11.5. The molecule has 0 aromatic heterocycles. The molecule has 0 unspecified atom stereocenters. The van der Waals surface area contributed by atoms with Crippen LogP contribution in [0.25, 0.3) is 11.1 Å². The van der Waals surface area contributed by atoms with Gasteiger partial charge in [-0.15, -0.1) is 0 Å². The van der Waals surface area contributed by atoms with Crippen LogP contribution in [0.5, 0.6) is 23.0 Å². The summed E-state index contributed by atoms with van der Waals surface area (Å²) in [6.07, 6.45) is 0. The third-order valence-electron chi connectivity index (χ3n) is 6.35. The van der Waals surface area contributed by atoms with Crippen molar-refractivity contribution in [1.82, 2.24) is 0 Å². The van der Waals surface area contributed by atoms with Crippen LogP contribution in [0, 0.1) is 0 Å². The Balaban J connectivity index is 0.000000209. The fourth-order valence-electron chi connectivity index (χ4n) is 4.09. The van der Waals surface area contributed by atoms with Crippen molar-refractivity contribution >= 4 is 35.3 Å². The molecular formula is C34H26N2O10. The minimum atomic E-state index is -1.45. The standard InChI is InChI=1S/C18H16N2O2.C16H10O8/c19-13-1-5-15(6-2-13)21-17-9-11-18(12-10-17)22-16-7-3-14(20)4-8-16;17-13(18)9-3-1-7(5-11(9)15(21)22)8-2-4-10(14(19)20)12(6-8)16(23)24/h1-12H,19-20H2;1-6H,(H,17,18)(H,19,20)(H,21,22)(H,23,24). The number of aromatic carboxylic acids is 4. The van der Waals surface area contributed by atoms with Crippen LogP contribution in [-0.2, 0) is 0 Å². The van der Waals surface area contributed by atoms with E-state index in [1.54, 1.807) is 24.3 Å². The van der Waals surface area contributed by atoms with Crippen LogP contribution in [0.1, 0.15) is 41.4 Å². The molecule has 12 nitrogen and oxygen atoms in total. The third kappa shape index (κ3) is 8.17. The van der Waals surface area contributed by atoms with Crippen molar-refractivity contribution in [1.29, 1.82) is 0 Å². The van der Waals surface area contributed by atoms with E-state index >= 15 is 0 Å². The second kappa shape index (κ2) is 14.1. The third-order valence-corrected chi connectivity index (χ3v) is 6.35. The summed E-state index contributed by atoms with van der Waals surface area (Å²) in [5.41, 5.74) is 11.5. The maximum Gasteiger partial charge on any atom is 0.336 e. The molecule has 0 fully saturated rings. The monoisotopic (exact) mass is 622 g/mol. The van der Waals surface area contributed by atoms with Crippen LogP contribution in [0.4, 0.5) is 11.4 Å². The molecule has 8 N–H and O–H groups in total. The van der Waals surface area contributed by atoms with Crippen molar-refractivity contribution in [2.45, 2.75) is 0 Å². The molecule has 0 amide bonds. The first-order valence-electron chi connectivity index (χ1n) is 13.3. The van der Waals surface area contributed by atoms with E-state index in [9.17, 15) is 19.2 Å². The average Bonchev–Trinajstić information content (AvgIpc) is 3.03. The molecule has 0 radical (unpaired) electrons. The predicted molar refractivity (Wildman–Crippen MR) is 168 cm³/mol. The van der Waals surface area contributed by atoms with Crippen molar-refractivity contribution in [3.63, 3.8) is 0 Å². The largest absolute Gasteiger partial charge is 0.478 e. The number of rotatable bonds is 9. The molecular weight excluding hydrogens is 596 g/mol. The van der Waals surface area contributed by atoms with E-state index in [4.69, 9.17) is 41.4 Å². The van der Waals surface area contributed by atoms with E-state index in [0.29, 0.717) is 11.4 Å². The molecule has 0 aliphatic heterocycles. The minimum absolute atomic E-state index is 0.247. The summed E-state index contributed by atoms with van der Waals surface area (Å²) in [5.74, 6) is -2.78. The first-order chi connectivity index (χ1) is 21.9. The van der Waals surface area contributed by atoms with Gasteiger partial charge in [0, 0.05) is 11.4 Å². The van der Waals surface area contributed by atoms with Gasteiger partial charge in [-0.3, -0.25) is 0 Å². The van der Waals surface area contributed by atoms with E-state index in [2.05, 4.69) is 0 Å². The molecule has 0 atom stereocenters. The first kappa shape index (κ1) is 32.1. The van der Waals surface area contributed by atoms with Gasteiger partial charge in [0.25, 0.3) is 0 Å². The fraction of sp³-hybridized carbons (Fsp3) is 0. The summed E-state index contributed by atoms with van der Waals surface area (Å²) in [4.78, 5) is 44.4. The summed E-state index contributed by atoms with van der Waals surface area (Å²) in [6, 6.07) is 28.9. The number of nitrogens with two attached hydrogens (primary N) is 2. The van der Waals surface area contributed by atoms with Gasteiger partial charge in [0.05, 0.1) is 22.3 Å². The number of carbonyl (C=O) groups is 4. The van der Waals surface area contributed by atoms with Crippen molar-refractivity contribution in [2.24, 2.45) is 0 Å². The van der Waals surface area contributed by atoms with Gasteiger partial charge in [0.2, 0.25) is 0 Å². The Kier molecular flexibility index (Phi) is 9.84. The van der Waals surface area contributed by atoms with Crippen molar-refractivity contribution in [2.75, 3.05) is 11.5 Å². The number of ether oxygens (including phenoxy) is 2. The van der Waals surface area contributed by atoms with Gasteiger partial charge in [-0.25, -0.2) is 19.2 Å². The number of nitrogen functional groups attached to an aromatic ring is 2. The zero-order valence-corrected chi connectivity index (χ0v) is 23.8. The summed E-state index contributed by atoms with van der Waals surface area (Å²) in [6.45, 7) is 0. The maximum atomic E-state index is 11.2. The molecule has 232 valence electrons. The average molecular weight is 623 g/mol. The Morgan fingerprint density at radius 1 is 0.391 bits per heavy atom. The molecule has 0 saturated heterocycles. The number of carboxylic acid groups (broad SMARTS) is 4. The molecule has 0 saturated carbocycles. The van der Waals surface area contributed by atoms with Crippen LogP contribution in [0.2, 0.25) is 0 Å². The molecule has 0 heterocycles. The van der Waals surface area contributed by atoms with Gasteiger partial charge in [0.1, 0.15) is 23.0 Å². The summed E-state index contributed by atoms with van der Waals surface area (Å²) in [5, 5.41) is 36.2. The number of benzene rings is 5. The number of hydrogen-bond acceptors (Lipinski definition) is 8. The van der Waals surface area contributed by atoms with Crippen LogP contribution in [0.15, 0.2) is 109 Å².